The maximum absolute atomic E-state index is 11.8. The molecule has 7 heteroatoms. The maximum Gasteiger partial charge on any atom is 0.306 e. The van der Waals surface area contributed by atoms with E-state index in [2.05, 4.69) is 10.0 Å². The second-order valence-electron chi connectivity index (χ2n) is 5.28. The van der Waals surface area contributed by atoms with Crippen LogP contribution in [0.5, 0.6) is 0 Å². The van der Waals surface area contributed by atoms with E-state index in [0.717, 1.165) is 12.8 Å². The SMILES string of the molecule is CNS(=O)(=O)c1cccc(NC2CCCC(C(=O)O)C2)c1. The van der Waals surface area contributed by atoms with Crippen molar-refractivity contribution in [3.63, 3.8) is 0 Å². The molecule has 0 aromatic heterocycles. The van der Waals surface area contributed by atoms with Crippen molar-refractivity contribution in [2.45, 2.75) is 36.6 Å². The first kappa shape index (κ1) is 15.8. The number of nitrogens with one attached hydrogen (secondary N) is 2. The molecule has 1 saturated carbocycles. The second-order valence-corrected chi connectivity index (χ2v) is 7.16. The van der Waals surface area contributed by atoms with Gasteiger partial charge in [-0.1, -0.05) is 12.5 Å². The third-order valence-electron chi connectivity index (χ3n) is 3.81. The maximum atomic E-state index is 11.8. The first-order chi connectivity index (χ1) is 9.92. The van der Waals surface area contributed by atoms with Gasteiger partial charge in [0.2, 0.25) is 10.0 Å². The van der Waals surface area contributed by atoms with Gasteiger partial charge in [0.15, 0.2) is 0 Å². The Bertz CT molecular complexity index is 615. The van der Waals surface area contributed by atoms with Crippen molar-refractivity contribution in [1.82, 2.24) is 4.72 Å². The molecule has 3 N–H and O–H groups in total. The minimum atomic E-state index is -3.47. The summed E-state index contributed by atoms with van der Waals surface area (Å²) in [4.78, 5) is 11.3. The minimum absolute atomic E-state index is 0.0624. The number of carboxylic acids is 1. The monoisotopic (exact) mass is 312 g/mol. The number of hydrogen-bond acceptors (Lipinski definition) is 4. The third kappa shape index (κ3) is 3.95. The Balaban J connectivity index is 2.10. The zero-order valence-corrected chi connectivity index (χ0v) is 12.7. The van der Waals surface area contributed by atoms with E-state index in [9.17, 15) is 13.2 Å². The molecule has 6 nitrogen and oxygen atoms in total. The predicted molar refractivity (Wildman–Crippen MR) is 79.7 cm³/mol. The van der Waals surface area contributed by atoms with Gasteiger partial charge in [-0.25, -0.2) is 13.1 Å². The lowest BCUT2D eigenvalue weighted by molar-refractivity contribution is -0.142. The lowest BCUT2D eigenvalue weighted by Crippen LogP contribution is -2.31. The van der Waals surface area contributed by atoms with E-state index in [1.807, 2.05) is 0 Å². The van der Waals surface area contributed by atoms with Crippen molar-refractivity contribution >= 4 is 21.7 Å². The predicted octanol–water partition coefficient (Wildman–Crippen LogP) is 1.65. The molecule has 1 aromatic rings. The average molecular weight is 312 g/mol. The lowest BCUT2D eigenvalue weighted by atomic mass is 9.85. The number of hydrogen-bond donors (Lipinski definition) is 3. The first-order valence-corrected chi connectivity index (χ1v) is 8.43. The summed E-state index contributed by atoms with van der Waals surface area (Å²) in [7, 11) is -2.10. The Morgan fingerprint density at radius 1 is 1.33 bits per heavy atom. The van der Waals surface area contributed by atoms with E-state index in [1.54, 1.807) is 18.2 Å². The Labute approximate surface area is 124 Å². The molecule has 2 rings (SSSR count). The zero-order chi connectivity index (χ0) is 15.5. The van der Waals surface area contributed by atoms with Crippen molar-refractivity contribution in [3.8, 4) is 0 Å². The van der Waals surface area contributed by atoms with Gasteiger partial charge in [-0.15, -0.1) is 0 Å². The van der Waals surface area contributed by atoms with Crippen LogP contribution >= 0.6 is 0 Å². The average Bonchev–Trinajstić information content (AvgIpc) is 2.48. The lowest BCUT2D eigenvalue weighted by Gasteiger charge is -2.28. The number of anilines is 1. The highest BCUT2D eigenvalue weighted by atomic mass is 32.2. The van der Waals surface area contributed by atoms with Crippen LogP contribution in [0.25, 0.3) is 0 Å². The van der Waals surface area contributed by atoms with Crippen molar-refractivity contribution in [2.24, 2.45) is 5.92 Å². The quantitative estimate of drug-likeness (QED) is 0.768. The topological polar surface area (TPSA) is 95.5 Å². The normalized spacial score (nSPS) is 22.7. The van der Waals surface area contributed by atoms with Crippen LogP contribution in [0.15, 0.2) is 29.2 Å². The van der Waals surface area contributed by atoms with Crippen LogP contribution in [0.3, 0.4) is 0 Å². The number of sulfonamides is 1. The largest absolute Gasteiger partial charge is 0.481 e. The number of carbonyl (C=O) groups is 1. The van der Waals surface area contributed by atoms with Crippen LogP contribution in [0.2, 0.25) is 0 Å². The fraction of sp³-hybridized carbons (Fsp3) is 0.500. The third-order valence-corrected chi connectivity index (χ3v) is 5.22. The summed E-state index contributed by atoms with van der Waals surface area (Å²) >= 11 is 0. The van der Waals surface area contributed by atoms with Crippen molar-refractivity contribution < 1.29 is 18.3 Å². The summed E-state index contributed by atoms with van der Waals surface area (Å²) < 4.78 is 25.8. The highest BCUT2D eigenvalue weighted by Crippen LogP contribution is 2.27. The Kier molecular flexibility index (Phi) is 4.84. The molecule has 1 aromatic carbocycles. The molecular weight excluding hydrogens is 292 g/mol. The summed E-state index contributed by atoms with van der Waals surface area (Å²) in [5.41, 5.74) is 0.697. The minimum Gasteiger partial charge on any atom is -0.481 e. The highest BCUT2D eigenvalue weighted by Gasteiger charge is 2.26. The van der Waals surface area contributed by atoms with E-state index in [1.165, 1.54) is 13.1 Å². The molecule has 2 unspecified atom stereocenters. The molecule has 0 bridgehead atoms. The van der Waals surface area contributed by atoms with Crippen LogP contribution < -0.4 is 10.0 Å². The Morgan fingerprint density at radius 3 is 2.76 bits per heavy atom. The molecule has 21 heavy (non-hydrogen) atoms. The second kappa shape index (κ2) is 6.44. The number of aliphatic carboxylic acids is 1. The van der Waals surface area contributed by atoms with Crippen LogP contribution in [-0.2, 0) is 14.8 Å². The van der Waals surface area contributed by atoms with Gasteiger partial charge in [-0.3, -0.25) is 4.79 Å². The fourth-order valence-corrected chi connectivity index (χ4v) is 3.43. The molecule has 1 aliphatic rings. The van der Waals surface area contributed by atoms with Gasteiger partial charge in [-0.2, -0.15) is 0 Å². The molecule has 0 radical (unpaired) electrons. The molecule has 1 fully saturated rings. The van der Waals surface area contributed by atoms with Crippen molar-refractivity contribution in [2.75, 3.05) is 12.4 Å². The smallest absolute Gasteiger partial charge is 0.306 e. The van der Waals surface area contributed by atoms with Crippen LogP contribution in [-0.4, -0.2) is 32.6 Å². The van der Waals surface area contributed by atoms with Gasteiger partial charge < -0.3 is 10.4 Å². The molecule has 0 spiro atoms. The summed E-state index contributed by atoms with van der Waals surface area (Å²) in [5, 5.41) is 12.3. The van der Waals surface area contributed by atoms with Crippen LogP contribution in [0.4, 0.5) is 5.69 Å². The fourth-order valence-electron chi connectivity index (χ4n) is 2.65. The summed E-state index contributed by atoms with van der Waals surface area (Å²) in [5.74, 6) is -1.08. The zero-order valence-electron chi connectivity index (χ0n) is 11.9. The highest BCUT2D eigenvalue weighted by molar-refractivity contribution is 7.89. The van der Waals surface area contributed by atoms with Crippen LogP contribution in [0.1, 0.15) is 25.7 Å². The van der Waals surface area contributed by atoms with Crippen LogP contribution in [0, 0.1) is 5.92 Å². The van der Waals surface area contributed by atoms with Gasteiger partial charge in [-0.05, 0) is 44.5 Å². The standard InChI is InChI=1S/C14H20N2O4S/c1-15-21(19,20)13-7-3-6-12(9-13)16-11-5-2-4-10(8-11)14(17)18/h3,6-7,9-11,15-16H,2,4-5,8H2,1H3,(H,17,18). The van der Waals surface area contributed by atoms with E-state index in [0.29, 0.717) is 18.5 Å². The number of benzene rings is 1. The van der Waals surface area contributed by atoms with Gasteiger partial charge in [0.25, 0.3) is 0 Å². The summed E-state index contributed by atoms with van der Waals surface area (Å²) in [6.07, 6.45) is 3.04. The molecule has 0 heterocycles. The number of rotatable bonds is 5. The molecule has 2 atom stereocenters. The molecule has 0 saturated heterocycles. The van der Waals surface area contributed by atoms with Gasteiger partial charge in [0.1, 0.15) is 0 Å². The molecule has 0 amide bonds. The van der Waals surface area contributed by atoms with Gasteiger partial charge in [0, 0.05) is 11.7 Å². The first-order valence-electron chi connectivity index (χ1n) is 6.95. The number of carboxylic acid groups (broad SMARTS) is 1. The molecule has 116 valence electrons. The van der Waals surface area contributed by atoms with Gasteiger partial charge in [0.05, 0.1) is 10.8 Å². The van der Waals surface area contributed by atoms with E-state index < -0.39 is 16.0 Å². The Hall–Kier alpha value is -1.60. The van der Waals surface area contributed by atoms with Crippen molar-refractivity contribution in [3.05, 3.63) is 24.3 Å². The Morgan fingerprint density at radius 2 is 2.10 bits per heavy atom. The molecule has 0 aliphatic heterocycles. The van der Waals surface area contributed by atoms with E-state index in [-0.39, 0.29) is 16.9 Å². The molecule has 1 aliphatic carbocycles. The molecular formula is C14H20N2O4S. The summed E-state index contributed by atoms with van der Waals surface area (Å²) in [6.45, 7) is 0. The van der Waals surface area contributed by atoms with Gasteiger partial charge >= 0.3 is 5.97 Å². The van der Waals surface area contributed by atoms with E-state index in [4.69, 9.17) is 5.11 Å². The van der Waals surface area contributed by atoms with E-state index >= 15 is 0 Å². The van der Waals surface area contributed by atoms with Crippen molar-refractivity contribution in [1.29, 1.82) is 0 Å². The summed E-state index contributed by atoms with van der Waals surface area (Å²) in [6, 6.07) is 6.62.